The van der Waals surface area contributed by atoms with Crippen molar-refractivity contribution in [2.24, 2.45) is 0 Å². The van der Waals surface area contributed by atoms with Crippen molar-refractivity contribution in [1.82, 2.24) is 15.6 Å². The number of hydrogen-bond acceptors (Lipinski definition) is 5. The van der Waals surface area contributed by atoms with Gasteiger partial charge in [0.25, 0.3) is 5.91 Å². The molecule has 1 aliphatic rings. The van der Waals surface area contributed by atoms with Crippen molar-refractivity contribution in [3.8, 4) is 0 Å². The van der Waals surface area contributed by atoms with Gasteiger partial charge in [0.2, 0.25) is 0 Å². The van der Waals surface area contributed by atoms with Crippen LogP contribution in [0.5, 0.6) is 0 Å². The number of benzene rings is 1. The number of rotatable bonds is 4. The molecule has 2 N–H and O–H groups in total. The summed E-state index contributed by atoms with van der Waals surface area (Å²) in [7, 11) is 0. The zero-order chi connectivity index (χ0) is 20.3. The number of carbonyl (C=O) groups excluding carboxylic acids is 3. The molecule has 148 valence electrons. The Hall–Kier alpha value is -3.17. The lowest BCUT2D eigenvalue weighted by atomic mass is 10.0. The fourth-order valence-electron chi connectivity index (χ4n) is 3.03. The van der Waals surface area contributed by atoms with Gasteiger partial charge < -0.3 is 10.1 Å². The third-order valence-corrected chi connectivity index (χ3v) is 4.16. The number of esters is 1. The van der Waals surface area contributed by atoms with Crippen LogP contribution >= 0.6 is 0 Å². The Labute approximate surface area is 157 Å². The van der Waals surface area contributed by atoms with Crippen LogP contribution in [0.1, 0.15) is 28.0 Å². The standard InChI is InChI=1S/C18H16F3N3O4/c19-18(20,21)9-22-17(27)24-14(25)8-28-16(26)15-10-4-1-2-6-12(10)23-13-7-3-5-11(13)15/h1-2,4,6H,3,5,7-9H2,(H2,22,24,25,27). The van der Waals surface area contributed by atoms with E-state index in [1.807, 2.05) is 0 Å². The lowest BCUT2D eigenvalue weighted by Gasteiger charge is -2.12. The summed E-state index contributed by atoms with van der Waals surface area (Å²) in [5, 5.41) is 3.75. The minimum absolute atomic E-state index is 0.326. The number of hydrogen-bond donors (Lipinski definition) is 2. The van der Waals surface area contributed by atoms with E-state index < -0.39 is 37.2 Å². The molecule has 3 rings (SSSR count). The second-order valence-corrected chi connectivity index (χ2v) is 6.20. The van der Waals surface area contributed by atoms with Crippen molar-refractivity contribution in [3.05, 3.63) is 41.1 Å². The van der Waals surface area contributed by atoms with E-state index in [0.717, 1.165) is 24.1 Å². The summed E-state index contributed by atoms with van der Waals surface area (Å²) in [6.07, 6.45) is -2.36. The van der Waals surface area contributed by atoms with Gasteiger partial charge in [-0.05, 0) is 30.9 Å². The monoisotopic (exact) mass is 395 g/mol. The van der Waals surface area contributed by atoms with Gasteiger partial charge in [0, 0.05) is 11.1 Å². The number of nitrogens with zero attached hydrogens (tertiary/aromatic N) is 1. The summed E-state index contributed by atoms with van der Waals surface area (Å²) in [5.74, 6) is -1.79. The first kappa shape index (κ1) is 19.6. The average Bonchev–Trinajstić information content (AvgIpc) is 3.09. The smallest absolute Gasteiger partial charge is 0.405 e. The molecule has 7 nitrogen and oxygen atoms in total. The van der Waals surface area contributed by atoms with E-state index >= 15 is 0 Å². The van der Waals surface area contributed by atoms with E-state index in [-0.39, 0.29) is 0 Å². The van der Waals surface area contributed by atoms with Gasteiger partial charge in [-0.15, -0.1) is 0 Å². The van der Waals surface area contributed by atoms with E-state index in [0.29, 0.717) is 22.9 Å². The highest BCUT2D eigenvalue weighted by molar-refractivity contribution is 6.06. The molecule has 28 heavy (non-hydrogen) atoms. The van der Waals surface area contributed by atoms with Gasteiger partial charge in [0.05, 0.1) is 11.1 Å². The van der Waals surface area contributed by atoms with Crippen LogP contribution in [0.4, 0.5) is 18.0 Å². The largest absolute Gasteiger partial charge is 0.452 e. The molecule has 1 heterocycles. The minimum atomic E-state index is -4.60. The van der Waals surface area contributed by atoms with Gasteiger partial charge >= 0.3 is 18.2 Å². The number of nitrogens with one attached hydrogen (secondary N) is 2. The van der Waals surface area contributed by atoms with Crippen molar-refractivity contribution in [2.45, 2.75) is 25.4 Å². The molecule has 0 atom stereocenters. The first-order chi connectivity index (χ1) is 13.2. The molecule has 0 saturated carbocycles. The maximum Gasteiger partial charge on any atom is 0.405 e. The van der Waals surface area contributed by atoms with Crippen LogP contribution in [0, 0.1) is 0 Å². The van der Waals surface area contributed by atoms with Gasteiger partial charge in [0.15, 0.2) is 6.61 Å². The van der Waals surface area contributed by atoms with E-state index in [2.05, 4.69) is 4.98 Å². The van der Waals surface area contributed by atoms with Gasteiger partial charge in [0.1, 0.15) is 6.54 Å². The molecule has 0 radical (unpaired) electrons. The molecular formula is C18H16F3N3O4. The molecule has 3 amide bonds. The SMILES string of the molecule is O=C(COC(=O)c1c2c(nc3ccccc13)CCC2)NC(=O)NCC(F)(F)F. The van der Waals surface area contributed by atoms with E-state index in [1.165, 1.54) is 5.32 Å². The number of para-hydroxylation sites is 1. The summed E-state index contributed by atoms with van der Waals surface area (Å²) in [5.41, 5.74) is 2.53. The molecule has 1 aromatic heterocycles. The molecule has 0 fully saturated rings. The Bertz CT molecular complexity index is 944. The van der Waals surface area contributed by atoms with Gasteiger partial charge in [-0.1, -0.05) is 18.2 Å². The second kappa shape index (κ2) is 7.83. The number of pyridine rings is 1. The number of aryl methyl sites for hydroxylation is 1. The number of urea groups is 1. The molecule has 1 aromatic carbocycles. The van der Waals surface area contributed by atoms with Gasteiger partial charge in [-0.3, -0.25) is 15.1 Å². The van der Waals surface area contributed by atoms with Gasteiger partial charge in [-0.2, -0.15) is 13.2 Å². The maximum absolute atomic E-state index is 12.6. The van der Waals surface area contributed by atoms with Crippen LogP contribution in [0.15, 0.2) is 24.3 Å². The Morgan fingerprint density at radius 1 is 1.14 bits per heavy atom. The second-order valence-electron chi connectivity index (χ2n) is 6.20. The highest BCUT2D eigenvalue weighted by atomic mass is 19.4. The predicted octanol–water partition coefficient (Wildman–Crippen LogP) is 2.27. The zero-order valence-electron chi connectivity index (χ0n) is 14.6. The quantitative estimate of drug-likeness (QED) is 0.774. The van der Waals surface area contributed by atoms with Crippen molar-refractivity contribution in [1.29, 1.82) is 0 Å². The summed E-state index contributed by atoms with van der Waals surface area (Å²) in [4.78, 5) is 40.0. The number of imide groups is 1. The minimum Gasteiger partial charge on any atom is -0.452 e. The Morgan fingerprint density at radius 3 is 2.64 bits per heavy atom. The van der Waals surface area contributed by atoms with Crippen LogP contribution in [0.25, 0.3) is 10.9 Å². The molecule has 2 aromatic rings. The van der Waals surface area contributed by atoms with E-state index in [4.69, 9.17) is 4.74 Å². The van der Waals surface area contributed by atoms with Crippen LogP contribution < -0.4 is 10.6 Å². The summed E-state index contributed by atoms with van der Waals surface area (Å²) < 4.78 is 41.1. The number of amides is 3. The van der Waals surface area contributed by atoms with Crippen LogP contribution in [-0.4, -0.2) is 42.2 Å². The average molecular weight is 395 g/mol. The third-order valence-electron chi connectivity index (χ3n) is 4.16. The molecular weight excluding hydrogens is 379 g/mol. The normalized spacial score (nSPS) is 13.1. The molecule has 0 aliphatic heterocycles. The molecule has 0 bridgehead atoms. The van der Waals surface area contributed by atoms with Crippen LogP contribution in [-0.2, 0) is 22.4 Å². The summed E-state index contributed by atoms with van der Waals surface area (Å²) >= 11 is 0. The number of alkyl halides is 3. The van der Waals surface area contributed by atoms with Crippen molar-refractivity contribution >= 4 is 28.8 Å². The number of fused-ring (bicyclic) bond motifs is 2. The maximum atomic E-state index is 12.6. The van der Waals surface area contributed by atoms with Crippen molar-refractivity contribution in [2.75, 3.05) is 13.2 Å². The lowest BCUT2D eigenvalue weighted by molar-refractivity contribution is -0.125. The van der Waals surface area contributed by atoms with Crippen molar-refractivity contribution < 1.29 is 32.3 Å². The first-order valence-electron chi connectivity index (χ1n) is 8.46. The molecule has 0 spiro atoms. The Morgan fingerprint density at radius 2 is 1.89 bits per heavy atom. The third kappa shape index (κ3) is 4.56. The fourth-order valence-corrected chi connectivity index (χ4v) is 3.03. The molecule has 1 aliphatic carbocycles. The summed E-state index contributed by atoms with van der Waals surface area (Å²) in [6, 6.07) is 5.71. The van der Waals surface area contributed by atoms with Crippen molar-refractivity contribution in [3.63, 3.8) is 0 Å². The zero-order valence-corrected chi connectivity index (χ0v) is 14.6. The van der Waals surface area contributed by atoms with E-state index in [1.54, 1.807) is 29.6 Å². The highest BCUT2D eigenvalue weighted by Crippen LogP contribution is 2.30. The molecule has 0 saturated heterocycles. The van der Waals surface area contributed by atoms with E-state index in [9.17, 15) is 27.6 Å². The number of halogens is 3. The topological polar surface area (TPSA) is 97.4 Å². The first-order valence-corrected chi connectivity index (χ1v) is 8.46. The Balaban J connectivity index is 1.66. The number of ether oxygens (including phenoxy) is 1. The number of carbonyl (C=O) groups is 3. The molecule has 0 unspecified atom stereocenters. The predicted molar refractivity (Wildman–Crippen MR) is 91.6 cm³/mol. The molecule has 10 heteroatoms. The van der Waals surface area contributed by atoms with Crippen LogP contribution in [0.3, 0.4) is 0 Å². The van der Waals surface area contributed by atoms with Gasteiger partial charge in [-0.25, -0.2) is 9.59 Å². The highest BCUT2D eigenvalue weighted by Gasteiger charge is 2.28. The fraction of sp³-hybridized carbons (Fsp3) is 0.333. The lowest BCUT2D eigenvalue weighted by Crippen LogP contribution is -2.44. The Kier molecular flexibility index (Phi) is 5.48. The van der Waals surface area contributed by atoms with Crippen LogP contribution in [0.2, 0.25) is 0 Å². The number of aromatic nitrogens is 1. The summed E-state index contributed by atoms with van der Waals surface area (Å²) in [6.45, 7) is -2.38.